The molecule has 0 aliphatic rings. The summed E-state index contributed by atoms with van der Waals surface area (Å²) in [6.45, 7) is 0.103. The molecule has 0 radical (unpaired) electrons. The van der Waals surface area contributed by atoms with E-state index in [1.54, 1.807) is 24.3 Å². The Hall–Kier alpha value is -2.61. The van der Waals surface area contributed by atoms with Crippen LogP contribution in [0.2, 0.25) is 0 Å². The van der Waals surface area contributed by atoms with Crippen molar-refractivity contribution in [1.29, 1.82) is 0 Å². The zero-order valence-electron chi connectivity index (χ0n) is 14.8. The van der Waals surface area contributed by atoms with Crippen LogP contribution in [0, 0.1) is 0 Å². The number of rotatable bonds is 9. The van der Waals surface area contributed by atoms with Crippen LogP contribution in [-0.4, -0.2) is 36.6 Å². The van der Waals surface area contributed by atoms with Crippen molar-refractivity contribution in [3.05, 3.63) is 65.7 Å². The molecule has 1 unspecified atom stereocenters. The van der Waals surface area contributed by atoms with Crippen molar-refractivity contribution in [3.8, 4) is 5.75 Å². The largest absolute Gasteiger partial charge is 0.489 e. The van der Waals surface area contributed by atoms with E-state index in [0.717, 1.165) is 5.56 Å². The minimum atomic E-state index is -0.885. The van der Waals surface area contributed by atoms with Gasteiger partial charge in [0.15, 0.2) is 0 Å². The highest BCUT2D eigenvalue weighted by atomic mass is 35.5. The number of hydrogen-bond donors (Lipinski definition) is 4. The minimum Gasteiger partial charge on any atom is -0.489 e. The number of nitrogens with two attached hydrogens (primary N) is 1. The smallest absolute Gasteiger partial charge is 0.239 e. The summed E-state index contributed by atoms with van der Waals surface area (Å²) in [4.78, 5) is 22.6. The maximum Gasteiger partial charge on any atom is 0.239 e. The topological polar surface area (TPSA) is 114 Å². The summed E-state index contributed by atoms with van der Waals surface area (Å²) in [7, 11) is 0. The van der Waals surface area contributed by atoms with Gasteiger partial charge in [-0.3, -0.25) is 9.59 Å². The van der Waals surface area contributed by atoms with Gasteiger partial charge in [0.1, 0.15) is 12.4 Å². The number of carbonyl (C=O) groups excluding carboxylic acids is 2. The van der Waals surface area contributed by atoms with E-state index in [2.05, 4.69) is 10.6 Å². The van der Waals surface area contributed by atoms with E-state index in [-0.39, 0.29) is 32.0 Å². The first-order valence-electron chi connectivity index (χ1n) is 8.26. The summed E-state index contributed by atoms with van der Waals surface area (Å²) in [5.74, 6) is -0.182. The Kier molecular flexibility index (Phi) is 9.89. The van der Waals surface area contributed by atoms with Crippen molar-refractivity contribution in [1.82, 2.24) is 10.6 Å². The Morgan fingerprint density at radius 2 is 1.78 bits per heavy atom. The lowest BCUT2D eigenvalue weighted by Gasteiger charge is -2.14. The average molecular weight is 394 g/mol. The van der Waals surface area contributed by atoms with Crippen LogP contribution in [0.25, 0.3) is 0 Å². The second-order valence-corrected chi connectivity index (χ2v) is 5.65. The van der Waals surface area contributed by atoms with Crippen LogP contribution >= 0.6 is 12.4 Å². The third kappa shape index (κ3) is 8.08. The Morgan fingerprint density at radius 3 is 2.48 bits per heavy atom. The molecule has 8 heteroatoms. The number of halogens is 1. The maximum absolute atomic E-state index is 11.6. The van der Waals surface area contributed by atoms with Crippen LogP contribution in [0.5, 0.6) is 5.75 Å². The fourth-order valence-corrected chi connectivity index (χ4v) is 2.19. The van der Waals surface area contributed by atoms with Crippen molar-refractivity contribution in [2.45, 2.75) is 12.7 Å². The van der Waals surface area contributed by atoms with E-state index >= 15 is 0 Å². The number of aliphatic hydroxyl groups excluding tert-OH is 1. The van der Waals surface area contributed by atoms with Gasteiger partial charge in [0.2, 0.25) is 11.8 Å². The summed E-state index contributed by atoms with van der Waals surface area (Å²) in [6, 6.07) is 16.8. The number of aliphatic hydroxyl groups is 1. The van der Waals surface area contributed by atoms with Gasteiger partial charge in [0.05, 0.1) is 19.2 Å². The molecule has 0 saturated carbocycles. The van der Waals surface area contributed by atoms with Crippen molar-refractivity contribution in [3.63, 3.8) is 0 Å². The minimum absolute atomic E-state index is 0. The molecule has 0 spiro atoms. The summed E-state index contributed by atoms with van der Waals surface area (Å²) in [6.07, 6.45) is -0.885. The molecule has 0 fully saturated rings. The molecule has 0 bridgehead atoms. The molecule has 0 aliphatic carbocycles. The quantitative estimate of drug-likeness (QED) is 0.505. The highest BCUT2D eigenvalue weighted by molar-refractivity contribution is 5.85. The molecule has 0 saturated heterocycles. The molecule has 27 heavy (non-hydrogen) atoms. The summed E-state index contributed by atoms with van der Waals surface area (Å²) in [5, 5.41) is 15.1. The monoisotopic (exact) mass is 393 g/mol. The Morgan fingerprint density at radius 1 is 1.04 bits per heavy atom. The molecule has 2 rings (SSSR count). The van der Waals surface area contributed by atoms with Gasteiger partial charge in [-0.05, 0) is 23.3 Å². The van der Waals surface area contributed by atoms with E-state index in [9.17, 15) is 14.7 Å². The van der Waals surface area contributed by atoms with Crippen LogP contribution in [0.3, 0.4) is 0 Å². The first kappa shape index (κ1) is 22.4. The first-order chi connectivity index (χ1) is 12.6. The molecule has 0 aliphatic heterocycles. The zero-order valence-corrected chi connectivity index (χ0v) is 15.6. The van der Waals surface area contributed by atoms with Gasteiger partial charge >= 0.3 is 0 Å². The second kappa shape index (κ2) is 11.9. The van der Waals surface area contributed by atoms with Crippen molar-refractivity contribution < 1.29 is 19.4 Å². The Bertz CT molecular complexity index is 728. The lowest BCUT2D eigenvalue weighted by atomic mass is 10.1. The molecular weight excluding hydrogens is 370 g/mol. The molecule has 146 valence electrons. The number of nitrogens with one attached hydrogen (secondary N) is 2. The molecule has 2 aromatic rings. The lowest BCUT2D eigenvalue weighted by molar-refractivity contribution is -0.125. The summed E-state index contributed by atoms with van der Waals surface area (Å²) in [5.41, 5.74) is 6.81. The summed E-state index contributed by atoms with van der Waals surface area (Å²) < 4.78 is 5.73. The molecule has 5 N–H and O–H groups in total. The van der Waals surface area contributed by atoms with Crippen LogP contribution in [0.1, 0.15) is 17.2 Å². The van der Waals surface area contributed by atoms with E-state index in [4.69, 9.17) is 10.5 Å². The second-order valence-electron chi connectivity index (χ2n) is 5.65. The Labute approximate surface area is 164 Å². The van der Waals surface area contributed by atoms with Crippen molar-refractivity contribution >= 4 is 24.2 Å². The molecular formula is C19H24ClN3O4. The number of carbonyl (C=O) groups is 2. The van der Waals surface area contributed by atoms with Gasteiger partial charge in [-0.15, -0.1) is 12.4 Å². The number of benzene rings is 2. The number of amides is 2. The van der Waals surface area contributed by atoms with Crippen LogP contribution < -0.4 is 21.1 Å². The van der Waals surface area contributed by atoms with Gasteiger partial charge in [-0.25, -0.2) is 0 Å². The van der Waals surface area contributed by atoms with E-state index in [1.807, 2.05) is 30.3 Å². The standard InChI is InChI=1S/C19H23N3O4.ClH/c20-10-18(24)22-12-19(25)21-11-17(23)15-7-4-8-16(9-15)26-13-14-5-2-1-3-6-14;/h1-9,17,23H,10-13,20H2,(H,21,25)(H,22,24);1H. The van der Waals surface area contributed by atoms with Crippen molar-refractivity contribution in [2.75, 3.05) is 19.6 Å². The normalized spacial score (nSPS) is 11.0. The number of ether oxygens (including phenoxy) is 1. The van der Waals surface area contributed by atoms with Gasteiger partial charge < -0.3 is 26.2 Å². The molecule has 1 atom stereocenters. The fraction of sp³-hybridized carbons (Fsp3) is 0.263. The highest BCUT2D eigenvalue weighted by Gasteiger charge is 2.11. The van der Waals surface area contributed by atoms with Gasteiger partial charge in [0.25, 0.3) is 0 Å². The van der Waals surface area contributed by atoms with Crippen LogP contribution in [0.15, 0.2) is 54.6 Å². The zero-order chi connectivity index (χ0) is 18.8. The van der Waals surface area contributed by atoms with Gasteiger partial charge in [-0.1, -0.05) is 42.5 Å². The molecule has 0 aromatic heterocycles. The van der Waals surface area contributed by atoms with Crippen LogP contribution in [-0.2, 0) is 16.2 Å². The SMILES string of the molecule is Cl.NCC(=O)NCC(=O)NCC(O)c1cccc(OCc2ccccc2)c1. The lowest BCUT2D eigenvalue weighted by Crippen LogP contribution is -2.40. The predicted octanol–water partition coefficient (Wildman–Crippen LogP) is 0.912. The average Bonchev–Trinajstić information content (AvgIpc) is 2.69. The highest BCUT2D eigenvalue weighted by Crippen LogP contribution is 2.20. The molecule has 2 amide bonds. The van der Waals surface area contributed by atoms with Crippen molar-refractivity contribution in [2.24, 2.45) is 5.73 Å². The first-order valence-corrected chi connectivity index (χ1v) is 8.26. The van der Waals surface area contributed by atoms with Gasteiger partial charge in [-0.2, -0.15) is 0 Å². The molecule has 7 nitrogen and oxygen atoms in total. The molecule has 2 aromatic carbocycles. The molecule has 0 heterocycles. The number of hydrogen-bond acceptors (Lipinski definition) is 5. The van der Waals surface area contributed by atoms with Gasteiger partial charge in [0, 0.05) is 6.54 Å². The van der Waals surface area contributed by atoms with E-state index < -0.39 is 17.9 Å². The van der Waals surface area contributed by atoms with Crippen LogP contribution in [0.4, 0.5) is 0 Å². The third-order valence-electron chi connectivity index (χ3n) is 3.62. The fourth-order valence-electron chi connectivity index (χ4n) is 2.19. The predicted molar refractivity (Wildman–Crippen MR) is 104 cm³/mol. The Balaban J connectivity index is 0.00000364. The third-order valence-corrected chi connectivity index (χ3v) is 3.62. The summed E-state index contributed by atoms with van der Waals surface area (Å²) >= 11 is 0. The van der Waals surface area contributed by atoms with E-state index in [1.165, 1.54) is 0 Å². The van der Waals surface area contributed by atoms with E-state index in [0.29, 0.717) is 17.9 Å². The maximum atomic E-state index is 11.6.